The van der Waals surface area contributed by atoms with E-state index in [0.717, 1.165) is 19.1 Å². The molecular weight excluding hydrogens is 150 g/mol. The number of hydrogen-bond donors (Lipinski definition) is 1. The third-order valence-electron chi connectivity index (χ3n) is 2.64. The van der Waals surface area contributed by atoms with Crippen LogP contribution in [0.25, 0.3) is 0 Å². The molecule has 72 valence electrons. The summed E-state index contributed by atoms with van der Waals surface area (Å²) >= 11 is 0. The van der Waals surface area contributed by atoms with Crippen LogP contribution in [0.3, 0.4) is 0 Å². The Morgan fingerprint density at radius 2 is 2.08 bits per heavy atom. The van der Waals surface area contributed by atoms with Crippen LogP contribution in [0.15, 0.2) is 0 Å². The van der Waals surface area contributed by atoms with Crippen LogP contribution in [0.1, 0.15) is 39.0 Å². The molecule has 1 fully saturated rings. The summed E-state index contributed by atoms with van der Waals surface area (Å²) in [7, 11) is 0. The van der Waals surface area contributed by atoms with Crippen LogP contribution in [-0.2, 0) is 4.74 Å². The molecule has 1 unspecified atom stereocenters. The molecule has 0 aliphatic carbocycles. The van der Waals surface area contributed by atoms with Crippen molar-refractivity contribution >= 4 is 0 Å². The van der Waals surface area contributed by atoms with Crippen molar-refractivity contribution in [1.82, 2.24) is 0 Å². The lowest BCUT2D eigenvalue weighted by Crippen LogP contribution is -2.26. The van der Waals surface area contributed by atoms with Gasteiger partial charge in [0, 0.05) is 19.3 Å². The molecule has 0 amide bonds. The average molecular weight is 171 g/mol. The Morgan fingerprint density at radius 1 is 1.42 bits per heavy atom. The lowest BCUT2D eigenvalue weighted by Gasteiger charge is -2.24. The van der Waals surface area contributed by atoms with Gasteiger partial charge >= 0.3 is 0 Å². The molecule has 0 bridgehead atoms. The lowest BCUT2D eigenvalue weighted by atomic mass is 9.91. The first-order chi connectivity index (χ1) is 5.83. The van der Waals surface area contributed by atoms with E-state index in [2.05, 4.69) is 6.92 Å². The molecule has 0 saturated carbocycles. The van der Waals surface area contributed by atoms with E-state index in [1.807, 2.05) is 0 Å². The summed E-state index contributed by atoms with van der Waals surface area (Å²) < 4.78 is 5.30. The first kappa shape index (κ1) is 10.0. The fourth-order valence-corrected chi connectivity index (χ4v) is 1.90. The van der Waals surface area contributed by atoms with E-state index in [9.17, 15) is 0 Å². The highest BCUT2D eigenvalue weighted by Gasteiger charge is 2.16. The van der Waals surface area contributed by atoms with Gasteiger partial charge in [-0.15, -0.1) is 0 Å². The van der Waals surface area contributed by atoms with Crippen LogP contribution in [0.5, 0.6) is 0 Å². The van der Waals surface area contributed by atoms with Crippen LogP contribution in [0, 0.1) is 5.92 Å². The highest BCUT2D eigenvalue weighted by atomic mass is 16.5. The molecule has 0 aromatic heterocycles. The highest BCUT2D eigenvalue weighted by Crippen LogP contribution is 2.20. The molecule has 0 radical (unpaired) electrons. The molecule has 0 aromatic carbocycles. The topological polar surface area (TPSA) is 35.2 Å². The van der Waals surface area contributed by atoms with Crippen LogP contribution in [0.2, 0.25) is 0 Å². The standard InChI is InChI=1S/C10H21NO/c1-2-3-10(11)8-9-4-6-12-7-5-9/h9-10H,2-8,11H2,1H3. The van der Waals surface area contributed by atoms with Crippen molar-refractivity contribution in [1.29, 1.82) is 0 Å². The Balaban J connectivity index is 2.11. The van der Waals surface area contributed by atoms with E-state index in [4.69, 9.17) is 10.5 Å². The third-order valence-corrected chi connectivity index (χ3v) is 2.64. The van der Waals surface area contributed by atoms with Gasteiger partial charge in [-0.2, -0.15) is 0 Å². The Hall–Kier alpha value is -0.0800. The molecule has 2 N–H and O–H groups in total. The molecule has 1 atom stereocenters. The molecule has 1 saturated heterocycles. The Kier molecular flexibility index (Phi) is 4.62. The van der Waals surface area contributed by atoms with E-state index in [1.54, 1.807) is 0 Å². The molecule has 1 heterocycles. The smallest absolute Gasteiger partial charge is 0.0468 e. The second-order valence-electron chi connectivity index (χ2n) is 3.84. The second kappa shape index (κ2) is 5.55. The largest absolute Gasteiger partial charge is 0.381 e. The molecule has 12 heavy (non-hydrogen) atoms. The maximum atomic E-state index is 5.97. The quantitative estimate of drug-likeness (QED) is 0.701. The van der Waals surface area contributed by atoms with E-state index < -0.39 is 0 Å². The van der Waals surface area contributed by atoms with Crippen molar-refractivity contribution < 1.29 is 4.74 Å². The zero-order valence-electron chi connectivity index (χ0n) is 8.09. The minimum absolute atomic E-state index is 0.429. The zero-order chi connectivity index (χ0) is 8.81. The molecule has 0 spiro atoms. The minimum Gasteiger partial charge on any atom is -0.381 e. The predicted molar refractivity (Wildman–Crippen MR) is 51.0 cm³/mol. The third kappa shape index (κ3) is 3.55. The second-order valence-corrected chi connectivity index (χ2v) is 3.84. The lowest BCUT2D eigenvalue weighted by molar-refractivity contribution is 0.0616. The summed E-state index contributed by atoms with van der Waals surface area (Å²) in [6, 6.07) is 0.429. The van der Waals surface area contributed by atoms with Gasteiger partial charge in [0.15, 0.2) is 0 Å². The van der Waals surface area contributed by atoms with E-state index >= 15 is 0 Å². The summed E-state index contributed by atoms with van der Waals surface area (Å²) in [5, 5.41) is 0. The Labute approximate surface area is 75.5 Å². The van der Waals surface area contributed by atoms with Crippen molar-refractivity contribution in [3.05, 3.63) is 0 Å². The van der Waals surface area contributed by atoms with Crippen LogP contribution in [0.4, 0.5) is 0 Å². The van der Waals surface area contributed by atoms with Crippen molar-refractivity contribution in [3.8, 4) is 0 Å². The summed E-state index contributed by atoms with van der Waals surface area (Å²) in [6.07, 6.45) is 6.04. The van der Waals surface area contributed by atoms with Crippen molar-refractivity contribution in [2.45, 2.75) is 45.1 Å². The summed E-state index contributed by atoms with van der Waals surface area (Å²) in [4.78, 5) is 0. The van der Waals surface area contributed by atoms with Gasteiger partial charge in [0.25, 0.3) is 0 Å². The van der Waals surface area contributed by atoms with Gasteiger partial charge in [-0.1, -0.05) is 13.3 Å². The predicted octanol–water partition coefficient (Wildman–Crippen LogP) is 1.93. The average Bonchev–Trinajstić information content (AvgIpc) is 2.06. The zero-order valence-corrected chi connectivity index (χ0v) is 8.09. The number of nitrogens with two attached hydrogens (primary N) is 1. The molecule has 1 rings (SSSR count). The maximum absolute atomic E-state index is 5.97. The number of hydrogen-bond acceptors (Lipinski definition) is 2. The van der Waals surface area contributed by atoms with Gasteiger partial charge in [-0.25, -0.2) is 0 Å². The number of rotatable bonds is 4. The normalized spacial score (nSPS) is 22.5. The molecule has 1 aliphatic rings. The van der Waals surface area contributed by atoms with Gasteiger partial charge < -0.3 is 10.5 Å². The SMILES string of the molecule is CCCC(N)CC1CCOCC1. The summed E-state index contributed by atoms with van der Waals surface area (Å²) in [5.41, 5.74) is 5.97. The van der Waals surface area contributed by atoms with Crippen molar-refractivity contribution in [3.63, 3.8) is 0 Å². The van der Waals surface area contributed by atoms with E-state index in [-0.39, 0.29) is 0 Å². The highest BCUT2D eigenvalue weighted by molar-refractivity contribution is 4.70. The fraction of sp³-hybridized carbons (Fsp3) is 1.00. The maximum Gasteiger partial charge on any atom is 0.0468 e. The molecule has 1 aliphatic heterocycles. The monoisotopic (exact) mass is 171 g/mol. The number of ether oxygens (including phenoxy) is 1. The van der Waals surface area contributed by atoms with E-state index in [0.29, 0.717) is 6.04 Å². The van der Waals surface area contributed by atoms with Gasteiger partial charge in [0.1, 0.15) is 0 Å². The van der Waals surface area contributed by atoms with Crippen LogP contribution in [-0.4, -0.2) is 19.3 Å². The van der Waals surface area contributed by atoms with E-state index in [1.165, 1.54) is 32.1 Å². The van der Waals surface area contributed by atoms with Crippen molar-refractivity contribution in [2.24, 2.45) is 11.7 Å². The van der Waals surface area contributed by atoms with Gasteiger partial charge in [-0.05, 0) is 31.6 Å². The van der Waals surface area contributed by atoms with Gasteiger partial charge in [0.05, 0.1) is 0 Å². The first-order valence-electron chi connectivity index (χ1n) is 5.16. The Bertz CT molecular complexity index is 110. The van der Waals surface area contributed by atoms with Crippen LogP contribution >= 0.6 is 0 Å². The fourth-order valence-electron chi connectivity index (χ4n) is 1.90. The van der Waals surface area contributed by atoms with Gasteiger partial charge in [0.2, 0.25) is 0 Å². The Morgan fingerprint density at radius 3 is 2.67 bits per heavy atom. The summed E-state index contributed by atoms with van der Waals surface area (Å²) in [6.45, 7) is 4.09. The minimum atomic E-state index is 0.429. The van der Waals surface area contributed by atoms with Crippen molar-refractivity contribution in [2.75, 3.05) is 13.2 Å². The first-order valence-corrected chi connectivity index (χ1v) is 5.16. The van der Waals surface area contributed by atoms with Crippen LogP contribution < -0.4 is 5.73 Å². The molecular formula is C10H21NO. The summed E-state index contributed by atoms with van der Waals surface area (Å²) in [5.74, 6) is 0.834. The molecule has 2 nitrogen and oxygen atoms in total. The van der Waals surface area contributed by atoms with Gasteiger partial charge in [-0.3, -0.25) is 0 Å². The molecule has 2 heteroatoms. The molecule has 0 aromatic rings.